The molecule has 1 N–H and O–H groups in total. The van der Waals surface area contributed by atoms with Crippen molar-refractivity contribution in [2.75, 3.05) is 19.5 Å². The highest BCUT2D eigenvalue weighted by atomic mass is 32.2. The van der Waals surface area contributed by atoms with E-state index < -0.39 is 17.0 Å². The summed E-state index contributed by atoms with van der Waals surface area (Å²) in [5, 5.41) is 13.8. The molecule has 2 rings (SSSR count). The average molecular weight is 362 g/mol. The molecule has 0 aliphatic heterocycles. The molecule has 0 radical (unpaired) electrons. The van der Waals surface area contributed by atoms with Gasteiger partial charge in [0.2, 0.25) is 0 Å². The standard InChI is InChI=1S/C16H14N2O6S/c1-23-15(19)10-3-8-14(13(9-10)18(21)22)25-12-6-4-11(5-7-12)17-16(20)24-2/h3-9H,1-2H3,(H,17,20). The molecule has 130 valence electrons. The number of hydrogen-bond acceptors (Lipinski definition) is 7. The van der Waals surface area contributed by atoms with Crippen LogP contribution in [0.3, 0.4) is 0 Å². The lowest BCUT2D eigenvalue weighted by Crippen LogP contribution is -2.10. The molecule has 0 spiro atoms. The van der Waals surface area contributed by atoms with Gasteiger partial charge in [0.1, 0.15) is 0 Å². The summed E-state index contributed by atoms with van der Waals surface area (Å²) in [4.78, 5) is 34.5. The van der Waals surface area contributed by atoms with Crippen LogP contribution < -0.4 is 5.32 Å². The van der Waals surface area contributed by atoms with Gasteiger partial charge in [0.25, 0.3) is 5.69 Å². The summed E-state index contributed by atoms with van der Waals surface area (Å²) in [7, 11) is 2.47. The Morgan fingerprint density at radius 3 is 2.32 bits per heavy atom. The highest BCUT2D eigenvalue weighted by molar-refractivity contribution is 7.99. The molecule has 1 amide bonds. The van der Waals surface area contributed by atoms with Crippen LogP contribution in [0, 0.1) is 10.1 Å². The summed E-state index contributed by atoms with van der Waals surface area (Å²) < 4.78 is 9.06. The fourth-order valence-corrected chi connectivity index (χ4v) is 2.79. The van der Waals surface area contributed by atoms with Crippen molar-refractivity contribution < 1.29 is 24.0 Å². The summed E-state index contributed by atoms with van der Waals surface area (Å²) in [5.74, 6) is -0.641. The van der Waals surface area contributed by atoms with Gasteiger partial charge in [0.15, 0.2) is 0 Å². The second-order valence-electron chi connectivity index (χ2n) is 4.67. The number of nitro groups is 1. The Kier molecular flexibility index (Phi) is 5.96. The molecule has 0 aliphatic carbocycles. The van der Waals surface area contributed by atoms with E-state index in [0.29, 0.717) is 10.6 Å². The molecule has 0 heterocycles. The molecule has 25 heavy (non-hydrogen) atoms. The van der Waals surface area contributed by atoms with Crippen molar-refractivity contribution in [3.05, 3.63) is 58.1 Å². The van der Waals surface area contributed by atoms with Crippen molar-refractivity contribution in [1.29, 1.82) is 0 Å². The second-order valence-corrected chi connectivity index (χ2v) is 5.79. The molecule has 0 aromatic heterocycles. The number of esters is 1. The van der Waals surface area contributed by atoms with Crippen LogP contribution in [-0.2, 0) is 9.47 Å². The van der Waals surface area contributed by atoms with Crippen LogP contribution in [0.1, 0.15) is 10.4 Å². The predicted octanol–water partition coefficient (Wildman–Crippen LogP) is 3.71. The van der Waals surface area contributed by atoms with Gasteiger partial charge < -0.3 is 9.47 Å². The Bertz CT molecular complexity index is 807. The monoisotopic (exact) mass is 362 g/mol. The first-order valence-electron chi connectivity index (χ1n) is 6.94. The van der Waals surface area contributed by atoms with Gasteiger partial charge in [-0.1, -0.05) is 11.8 Å². The van der Waals surface area contributed by atoms with Crippen molar-refractivity contribution >= 4 is 35.2 Å². The smallest absolute Gasteiger partial charge is 0.411 e. The van der Waals surface area contributed by atoms with Gasteiger partial charge in [-0.05, 0) is 36.4 Å². The molecule has 2 aromatic carbocycles. The Hall–Kier alpha value is -3.07. The number of carbonyl (C=O) groups excluding carboxylic acids is 2. The molecule has 8 nitrogen and oxygen atoms in total. The van der Waals surface area contributed by atoms with Gasteiger partial charge in [-0.2, -0.15) is 0 Å². The third kappa shape index (κ3) is 4.70. The number of nitrogens with zero attached hydrogens (tertiary/aromatic N) is 1. The number of carbonyl (C=O) groups is 2. The fraction of sp³-hybridized carbons (Fsp3) is 0.125. The molecule has 2 aromatic rings. The number of nitrogens with one attached hydrogen (secondary N) is 1. The zero-order chi connectivity index (χ0) is 18.4. The lowest BCUT2D eigenvalue weighted by Gasteiger charge is -2.07. The lowest BCUT2D eigenvalue weighted by molar-refractivity contribution is -0.387. The van der Waals surface area contributed by atoms with E-state index in [1.165, 1.54) is 44.2 Å². The highest BCUT2D eigenvalue weighted by Crippen LogP contribution is 2.35. The van der Waals surface area contributed by atoms with Gasteiger partial charge in [0, 0.05) is 16.6 Å². The van der Waals surface area contributed by atoms with Crippen molar-refractivity contribution in [3.8, 4) is 0 Å². The van der Waals surface area contributed by atoms with Crippen molar-refractivity contribution in [3.63, 3.8) is 0 Å². The van der Waals surface area contributed by atoms with Crippen LogP contribution in [0.25, 0.3) is 0 Å². The molecule has 0 unspecified atom stereocenters. The molecular formula is C16H14N2O6S. The maximum Gasteiger partial charge on any atom is 0.411 e. The Balaban J connectivity index is 2.23. The predicted molar refractivity (Wildman–Crippen MR) is 91.0 cm³/mol. The van der Waals surface area contributed by atoms with Crippen LogP contribution in [-0.4, -0.2) is 31.2 Å². The molecule has 0 aliphatic rings. The van der Waals surface area contributed by atoms with Gasteiger partial charge in [-0.25, -0.2) is 9.59 Å². The highest BCUT2D eigenvalue weighted by Gasteiger charge is 2.18. The summed E-state index contributed by atoms with van der Waals surface area (Å²) in [5.41, 5.74) is 0.451. The van der Waals surface area contributed by atoms with E-state index in [9.17, 15) is 19.7 Å². The van der Waals surface area contributed by atoms with Crippen LogP contribution in [0.15, 0.2) is 52.3 Å². The minimum absolute atomic E-state index is 0.108. The van der Waals surface area contributed by atoms with Gasteiger partial charge in [-0.15, -0.1) is 0 Å². The minimum atomic E-state index is -0.641. The number of hydrogen-bond donors (Lipinski definition) is 1. The van der Waals surface area contributed by atoms with E-state index >= 15 is 0 Å². The number of ether oxygens (including phenoxy) is 2. The average Bonchev–Trinajstić information content (AvgIpc) is 2.62. The first-order valence-corrected chi connectivity index (χ1v) is 7.76. The SMILES string of the molecule is COC(=O)Nc1ccc(Sc2ccc(C(=O)OC)cc2[N+](=O)[O-])cc1. The minimum Gasteiger partial charge on any atom is -0.465 e. The Labute approximate surface area is 147 Å². The molecule has 0 saturated carbocycles. The number of methoxy groups -OCH3 is 2. The lowest BCUT2D eigenvalue weighted by atomic mass is 10.2. The van der Waals surface area contributed by atoms with Crippen molar-refractivity contribution in [2.24, 2.45) is 0 Å². The number of nitro benzene ring substituents is 1. The van der Waals surface area contributed by atoms with E-state index in [1.54, 1.807) is 24.3 Å². The second kappa shape index (κ2) is 8.15. The van der Waals surface area contributed by atoms with E-state index in [-0.39, 0.29) is 11.3 Å². The topological polar surface area (TPSA) is 108 Å². The zero-order valence-electron chi connectivity index (χ0n) is 13.3. The number of anilines is 1. The van der Waals surface area contributed by atoms with Gasteiger partial charge in [-0.3, -0.25) is 15.4 Å². The quantitative estimate of drug-likeness (QED) is 0.491. The Morgan fingerprint density at radius 1 is 1.08 bits per heavy atom. The molecule has 0 fully saturated rings. The third-order valence-electron chi connectivity index (χ3n) is 3.09. The Morgan fingerprint density at radius 2 is 1.76 bits per heavy atom. The van der Waals surface area contributed by atoms with E-state index in [4.69, 9.17) is 0 Å². The first-order chi connectivity index (χ1) is 11.9. The fourth-order valence-electron chi connectivity index (χ4n) is 1.89. The molecule has 0 saturated heterocycles. The summed E-state index contributed by atoms with van der Waals surface area (Å²) >= 11 is 1.17. The third-order valence-corrected chi connectivity index (χ3v) is 4.16. The van der Waals surface area contributed by atoms with Crippen LogP contribution in [0.2, 0.25) is 0 Å². The molecule has 0 atom stereocenters. The first kappa shape index (κ1) is 18.3. The largest absolute Gasteiger partial charge is 0.465 e. The van der Waals surface area contributed by atoms with Gasteiger partial charge in [0.05, 0.1) is 29.6 Å². The normalized spacial score (nSPS) is 10.0. The maximum absolute atomic E-state index is 11.5. The number of benzene rings is 2. The zero-order valence-corrected chi connectivity index (χ0v) is 14.2. The van der Waals surface area contributed by atoms with E-state index in [0.717, 1.165) is 4.90 Å². The van der Waals surface area contributed by atoms with Crippen molar-refractivity contribution in [1.82, 2.24) is 0 Å². The summed E-state index contributed by atoms with van der Waals surface area (Å²) in [6.45, 7) is 0. The van der Waals surface area contributed by atoms with Crippen LogP contribution >= 0.6 is 11.8 Å². The summed E-state index contributed by atoms with van der Waals surface area (Å²) in [6.07, 6.45) is -0.588. The number of rotatable bonds is 5. The summed E-state index contributed by atoms with van der Waals surface area (Å²) in [6, 6.07) is 10.8. The number of amides is 1. The van der Waals surface area contributed by atoms with E-state index in [1.807, 2.05) is 0 Å². The molecule has 0 bridgehead atoms. The molecular weight excluding hydrogens is 348 g/mol. The van der Waals surface area contributed by atoms with Crippen LogP contribution in [0.5, 0.6) is 0 Å². The van der Waals surface area contributed by atoms with Crippen LogP contribution in [0.4, 0.5) is 16.2 Å². The van der Waals surface area contributed by atoms with Crippen molar-refractivity contribution in [2.45, 2.75) is 9.79 Å². The maximum atomic E-state index is 11.5. The van der Waals surface area contributed by atoms with E-state index in [2.05, 4.69) is 14.8 Å². The molecule has 9 heteroatoms. The van der Waals surface area contributed by atoms with Gasteiger partial charge >= 0.3 is 12.1 Å².